The molecule has 0 unspecified atom stereocenters. The van der Waals surface area contributed by atoms with Gasteiger partial charge in [0.2, 0.25) is 0 Å². The third-order valence-corrected chi connectivity index (χ3v) is 4.36. The zero-order valence-corrected chi connectivity index (χ0v) is 15.1. The Kier molecular flexibility index (Phi) is 5.07. The monoisotopic (exact) mass is 351 g/mol. The average molecular weight is 351 g/mol. The Morgan fingerprint density at radius 3 is 2.46 bits per heavy atom. The summed E-state index contributed by atoms with van der Waals surface area (Å²) in [6, 6.07) is 14.8. The molecule has 0 radical (unpaired) electrons. The molecular formula is C21H21NO4. The van der Waals surface area contributed by atoms with Crippen LogP contribution in [-0.2, 0) is 4.74 Å². The molecule has 1 aromatic heterocycles. The summed E-state index contributed by atoms with van der Waals surface area (Å²) in [6.45, 7) is 3.83. The normalized spacial score (nSPS) is 12.0. The van der Waals surface area contributed by atoms with Gasteiger partial charge in [0.05, 0.1) is 18.2 Å². The van der Waals surface area contributed by atoms with Crippen molar-refractivity contribution in [1.82, 2.24) is 4.57 Å². The first-order valence-corrected chi connectivity index (χ1v) is 8.51. The first-order chi connectivity index (χ1) is 12.6. The van der Waals surface area contributed by atoms with Crippen molar-refractivity contribution in [2.24, 2.45) is 0 Å². The highest BCUT2D eigenvalue weighted by atomic mass is 16.5. The predicted molar refractivity (Wildman–Crippen MR) is 99.8 cm³/mol. The summed E-state index contributed by atoms with van der Waals surface area (Å²) in [6.07, 6.45) is 1.38. The molecule has 1 heterocycles. The van der Waals surface area contributed by atoms with E-state index in [-0.39, 0.29) is 5.91 Å². The molecular weight excluding hydrogens is 330 g/mol. The van der Waals surface area contributed by atoms with Crippen LogP contribution in [0.25, 0.3) is 10.9 Å². The molecule has 0 fully saturated rings. The molecule has 5 heteroatoms. The SMILES string of the molecule is CC[C@H](Oc1ccccc1C)C(=O)n1cc(C(=O)OC)c2ccccc21. The largest absolute Gasteiger partial charge is 0.480 e. The van der Waals surface area contributed by atoms with Gasteiger partial charge in [-0.05, 0) is 31.0 Å². The Labute approximate surface area is 152 Å². The lowest BCUT2D eigenvalue weighted by Gasteiger charge is -2.18. The minimum absolute atomic E-state index is 0.220. The van der Waals surface area contributed by atoms with Crippen molar-refractivity contribution < 1.29 is 19.1 Å². The number of hydrogen-bond donors (Lipinski definition) is 0. The van der Waals surface area contributed by atoms with Crippen molar-refractivity contribution in [3.8, 4) is 5.75 Å². The third-order valence-electron chi connectivity index (χ3n) is 4.36. The van der Waals surface area contributed by atoms with Gasteiger partial charge in [0, 0.05) is 11.6 Å². The number of esters is 1. The van der Waals surface area contributed by atoms with Gasteiger partial charge in [-0.2, -0.15) is 0 Å². The van der Waals surface area contributed by atoms with Crippen LogP contribution in [0, 0.1) is 6.92 Å². The summed E-state index contributed by atoms with van der Waals surface area (Å²) in [4.78, 5) is 25.2. The first-order valence-electron chi connectivity index (χ1n) is 8.51. The number of aromatic nitrogens is 1. The zero-order chi connectivity index (χ0) is 18.7. The summed E-state index contributed by atoms with van der Waals surface area (Å²) in [7, 11) is 1.33. The van der Waals surface area contributed by atoms with Crippen molar-refractivity contribution in [3.05, 3.63) is 65.9 Å². The van der Waals surface area contributed by atoms with E-state index in [9.17, 15) is 9.59 Å². The van der Waals surface area contributed by atoms with Gasteiger partial charge in [0.1, 0.15) is 5.75 Å². The number of carbonyl (C=O) groups is 2. The van der Waals surface area contributed by atoms with Crippen LogP contribution in [0.2, 0.25) is 0 Å². The zero-order valence-electron chi connectivity index (χ0n) is 15.1. The van der Waals surface area contributed by atoms with Crippen molar-refractivity contribution in [1.29, 1.82) is 0 Å². The summed E-state index contributed by atoms with van der Waals surface area (Å²) in [5.41, 5.74) is 1.98. The minimum atomic E-state index is -0.655. The molecule has 2 aromatic carbocycles. The van der Waals surface area contributed by atoms with Crippen molar-refractivity contribution in [3.63, 3.8) is 0 Å². The van der Waals surface area contributed by atoms with Gasteiger partial charge in [-0.1, -0.05) is 43.3 Å². The van der Waals surface area contributed by atoms with Crippen LogP contribution in [0.1, 0.15) is 34.1 Å². The van der Waals surface area contributed by atoms with Gasteiger partial charge in [0.15, 0.2) is 6.10 Å². The number of methoxy groups -OCH3 is 1. The van der Waals surface area contributed by atoms with E-state index >= 15 is 0 Å². The maximum atomic E-state index is 13.1. The summed E-state index contributed by atoms with van der Waals surface area (Å²) in [5, 5.41) is 0.679. The molecule has 0 aliphatic heterocycles. The molecule has 3 rings (SSSR count). The molecule has 5 nitrogen and oxygen atoms in total. The van der Waals surface area contributed by atoms with Crippen LogP contribution in [0.3, 0.4) is 0 Å². The molecule has 0 aliphatic rings. The first kappa shape index (κ1) is 17.7. The van der Waals surface area contributed by atoms with Crippen LogP contribution >= 0.6 is 0 Å². The Bertz CT molecular complexity index is 958. The fourth-order valence-corrected chi connectivity index (χ4v) is 2.94. The Morgan fingerprint density at radius 1 is 1.08 bits per heavy atom. The lowest BCUT2D eigenvalue weighted by atomic mass is 10.2. The number of fused-ring (bicyclic) bond motifs is 1. The fraction of sp³-hybridized carbons (Fsp3) is 0.238. The minimum Gasteiger partial charge on any atom is -0.480 e. The van der Waals surface area contributed by atoms with E-state index in [1.807, 2.05) is 50.2 Å². The molecule has 0 spiro atoms. The van der Waals surface area contributed by atoms with E-state index in [4.69, 9.17) is 9.47 Å². The Hall–Kier alpha value is -3.08. The topological polar surface area (TPSA) is 57.5 Å². The molecule has 0 saturated carbocycles. The molecule has 0 aliphatic carbocycles. The second-order valence-corrected chi connectivity index (χ2v) is 6.04. The van der Waals surface area contributed by atoms with Gasteiger partial charge < -0.3 is 9.47 Å². The third kappa shape index (κ3) is 3.20. The highest BCUT2D eigenvalue weighted by molar-refractivity contribution is 6.07. The van der Waals surface area contributed by atoms with Crippen molar-refractivity contribution in [2.75, 3.05) is 7.11 Å². The van der Waals surface area contributed by atoms with Gasteiger partial charge in [0.25, 0.3) is 5.91 Å². The van der Waals surface area contributed by atoms with Gasteiger partial charge in [-0.3, -0.25) is 9.36 Å². The second-order valence-electron chi connectivity index (χ2n) is 6.04. The van der Waals surface area contributed by atoms with Crippen LogP contribution in [0.4, 0.5) is 0 Å². The Morgan fingerprint density at radius 2 is 1.77 bits per heavy atom. The molecule has 26 heavy (non-hydrogen) atoms. The predicted octanol–water partition coefficient (Wildman–Crippen LogP) is 4.23. The van der Waals surface area contributed by atoms with Crippen LogP contribution in [0.5, 0.6) is 5.75 Å². The van der Waals surface area contributed by atoms with Crippen molar-refractivity contribution in [2.45, 2.75) is 26.4 Å². The Balaban J connectivity index is 2.00. The molecule has 0 bridgehead atoms. The van der Waals surface area contributed by atoms with Crippen molar-refractivity contribution >= 4 is 22.8 Å². The number of para-hydroxylation sites is 2. The van der Waals surface area contributed by atoms with Crippen LogP contribution < -0.4 is 4.74 Å². The smallest absolute Gasteiger partial charge is 0.340 e. The number of nitrogens with zero attached hydrogens (tertiary/aromatic N) is 1. The van der Waals surface area contributed by atoms with E-state index in [2.05, 4.69) is 0 Å². The van der Waals surface area contributed by atoms with Gasteiger partial charge in [-0.15, -0.1) is 0 Å². The maximum Gasteiger partial charge on any atom is 0.340 e. The molecule has 134 valence electrons. The van der Waals surface area contributed by atoms with Crippen LogP contribution in [0.15, 0.2) is 54.7 Å². The standard InChI is InChI=1S/C21H21NO4/c1-4-18(26-19-12-8-5-9-14(19)2)20(23)22-13-16(21(24)25-3)15-10-6-7-11-17(15)22/h5-13,18H,4H2,1-3H3/t18-/m0/s1. The molecule has 3 aromatic rings. The quantitative estimate of drug-likeness (QED) is 0.645. The number of aryl methyl sites for hydroxylation is 1. The van der Waals surface area contributed by atoms with E-state index in [1.54, 1.807) is 12.1 Å². The number of ether oxygens (including phenoxy) is 2. The number of benzene rings is 2. The van der Waals surface area contributed by atoms with Crippen LogP contribution in [-0.4, -0.2) is 29.7 Å². The summed E-state index contributed by atoms with van der Waals surface area (Å²) >= 11 is 0. The van der Waals surface area contributed by atoms with E-state index in [1.165, 1.54) is 17.9 Å². The average Bonchev–Trinajstić information content (AvgIpc) is 3.06. The van der Waals surface area contributed by atoms with Gasteiger partial charge >= 0.3 is 5.97 Å². The number of rotatable bonds is 5. The maximum absolute atomic E-state index is 13.1. The molecule has 0 saturated heterocycles. The molecule has 1 atom stereocenters. The van der Waals surface area contributed by atoms with E-state index in [0.717, 1.165) is 5.56 Å². The summed E-state index contributed by atoms with van der Waals surface area (Å²) < 4.78 is 12.3. The molecule has 0 N–H and O–H groups in total. The highest BCUT2D eigenvalue weighted by Crippen LogP contribution is 2.24. The number of hydrogen-bond acceptors (Lipinski definition) is 4. The lowest BCUT2D eigenvalue weighted by Crippen LogP contribution is -2.31. The van der Waals surface area contributed by atoms with Gasteiger partial charge in [-0.25, -0.2) is 4.79 Å². The molecule has 0 amide bonds. The number of carbonyl (C=O) groups excluding carboxylic acids is 2. The lowest BCUT2D eigenvalue weighted by molar-refractivity contribution is 0.0602. The van der Waals surface area contributed by atoms with E-state index < -0.39 is 12.1 Å². The highest BCUT2D eigenvalue weighted by Gasteiger charge is 2.25. The summed E-state index contributed by atoms with van der Waals surface area (Å²) in [5.74, 6) is -0.0138. The second kappa shape index (κ2) is 7.44. The van der Waals surface area contributed by atoms with E-state index in [0.29, 0.717) is 28.6 Å². The fourth-order valence-electron chi connectivity index (χ4n) is 2.94.